The maximum Gasteiger partial charge on any atom is 0.124 e. The summed E-state index contributed by atoms with van der Waals surface area (Å²) in [5, 5.41) is 14.2. The van der Waals surface area contributed by atoms with Gasteiger partial charge in [-0.1, -0.05) is 39.7 Å². The van der Waals surface area contributed by atoms with Crippen LogP contribution in [0.4, 0.5) is 5.69 Å². The molecular formula is C13H10BrClN2O. The van der Waals surface area contributed by atoms with Crippen LogP contribution in [0, 0.1) is 0 Å². The predicted octanol–water partition coefficient (Wildman–Crippen LogP) is 4.25. The zero-order valence-electron chi connectivity index (χ0n) is 9.27. The summed E-state index contributed by atoms with van der Waals surface area (Å²) in [6.07, 6.45) is 1.53. The van der Waals surface area contributed by atoms with E-state index in [2.05, 4.69) is 26.5 Å². The van der Waals surface area contributed by atoms with Gasteiger partial charge in [-0.3, -0.25) is 5.43 Å². The number of hydrogen-bond acceptors (Lipinski definition) is 3. The Morgan fingerprint density at radius 2 is 2.00 bits per heavy atom. The molecule has 0 unspecified atom stereocenters. The molecule has 0 atom stereocenters. The van der Waals surface area contributed by atoms with E-state index in [9.17, 15) is 5.11 Å². The third-order valence-corrected chi connectivity index (χ3v) is 3.07. The number of hydrazone groups is 1. The van der Waals surface area contributed by atoms with Crippen LogP contribution in [0.25, 0.3) is 0 Å². The van der Waals surface area contributed by atoms with Crippen LogP contribution in [0.3, 0.4) is 0 Å². The molecule has 0 aliphatic carbocycles. The second-order valence-corrected chi connectivity index (χ2v) is 4.88. The molecule has 2 aromatic carbocycles. The zero-order chi connectivity index (χ0) is 13.0. The van der Waals surface area contributed by atoms with Crippen LogP contribution in [0.15, 0.2) is 52.0 Å². The minimum Gasteiger partial charge on any atom is -0.507 e. The van der Waals surface area contributed by atoms with E-state index in [4.69, 9.17) is 11.6 Å². The molecule has 3 nitrogen and oxygen atoms in total. The predicted molar refractivity (Wildman–Crippen MR) is 78.5 cm³/mol. The van der Waals surface area contributed by atoms with Crippen molar-refractivity contribution < 1.29 is 5.11 Å². The summed E-state index contributed by atoms with van der Waals surface area (Å²) in [5.41, 5.74) is 4.15. The van der Waals surface area contributed by atoms with Gasteiger partial charge in [0, 0.05) is 10.0 Å². The van der Waals surface area contributed by atoms with E-state index in [1.807, 2.05) is 18.2 Å². The van der Waals surface area contributed by atoms with Gasteiger partial charge < -0.3 is 5.11 Å². The lowest BCUT2D eigenvalue weighted by atomic mass is 10.2. The van der Waals surface area contributed by atoms with Crippen LogP contribution in [0.2, 0.25) is 5.02 Å². The number of phenols is 1. The Bertz CT molecular complexity index is 587. The molecule has 0 amide bonds. The lowest BCUT2D eigenvalue weighted by molar-refractivity contribution is 0.474. The van der Waals surface area contributed by atoms with E-state index in [0.29, 0.717) is 16.3 Å². The highest BCUT2D eigenvalue weighted by atomic mass is 79.9. The van der Waals surface area contributed by atoms with Crippen molar-refractivity contribution in [3.8, 4) is 5.75 Å². The average molecular weight is 326 g/mol. The smallest absolute Gasteiger partial charge is 0.124 e. The van der Waals surface area contributed by atoms with Crippen molar-refractivity contribution in [3.05, 3.63) is 57.5 Å². The van der Waals surface area contributed by atoms with E-state index in [0.717, 1.165) is 4.47 Å². The molecular weight excluding hydrogens is 316 g/mol. The Kier molecular flexibility index (Phi) is 4.23. The summed E-state index contributed by atoms with van der Waals surface area (Å²) in [5.74, 6) is 0.169. The largest absolute Gasteiger partial charge is 0.507 e. The zero-order valence-corrected chi connectivity index (χ0v) is 11.6. The highest BCUT2D eigenvalue weighted by molar-refractivity contribution is 9.10. The molecule has 0 radical (unpaired) electrons. The monoisotopic (exact) mass is 324 g/mol. The second-order valence-electron chi connectivity index (χ2n) is 3.55. The third kappa shape index (κ3) is 3.24. The van der Waals surface area contributed by atoms with Gasteiger partial charge >= 0.3 is 0 Å². The van der Waals surface area contributed by atoms with Gasteiger partial charge in [-0.05, 0) is 30.3 Å². The Morgan fingerprint density at radius 3 is 2.78 bits per heavy atom. The van der Waals surface area contributed by atoms with E-state index in [1.54, 1.807) is 24.3 Å². The minimum absolute atomic E-state index is 0.169. The molecule has 0 aromatic heterocycles. The molecule has 5 heteroatoms. The van der Waals surface area contributed by atoms with Gasteiger partial charge in [0.2, 0.25) is 0 Å². The van der Waals surface area contributed by atoms with Crippen molar-refractivity contribution in [2.24, 2.45) is 5.10 Å². The first-order chi connectivity index (χ1) is 8.66. The van der Waals surface area contributed by atoms with E-state index in [-0.39, 0.29) is 5.75 Å². The summed E-state index contributed by atoms with van der Waals surface area (Å²) < 4.78 is 0.875. The van der Waals surface area contributed by atoms with Crippen LogP contribution >= 0.6 is 27.5 Å². The number of phenolic OH excluding ortho intramolecular Hbond substituents is 1. The van der Waals surface area contributed by atoms with Gasteiger partial charge in [-0.25, -0.2) is 0 Å². The number of nitrogens with one attached hydrogen (secondary N) is 1. The third-order valence-electron chi connectivity index (χ3n) is 2.25. The molecule has 92 valence electrons. The number of benzene rings is 2. The molecule has 0 spiro atoms. The van der Waals surface area contributed by atoms with E-state index >= 15 is 0 Å². The lowest BCUT2D eigenvalue weighted by Gasteiger charge is -2.02. The van der Waals surface area contributed by atoms with Gasteiger partial charge in [0.05, 0.1) is 16.9 Å². The fourth-order valence-corrected chi connectivity index (χ4v) is 1.91. The number of rotatable bonds is 3. The Balaban J connectivity index is 2.12. The summed E-state index contributed by atoms with van der Waals surface area (Å²) in [4.78, 5) is 0. The first-order valence-electron chi connectivity index (χ1n) is 5.19. The first kappa shape index (κ1) is 12.9. The molecule has 0 fully saturated rings. The summed E-state index contributed by atoms with van der Waals surface area (Å²) in [7, 11) is 0. The van der Waals surface area contributed by atoms with Gasteiger partial charge in [0.1, 0.15) is 5.75 Å². The Labute approximate surface area is 118 Å². The van der Waals surface area contributed by atoms with Crippen molar-refractivity contribution in [1.82, 2.24) is 0 Å². The Hall–Kier alpha value is -1.52. The molecule has 0 bridgehead atoms. The normalized spacial score (nSPS) is 10.8. The second kappa shape index (κ2) is 5.89. The molecule has 18 heavy (non-hydrogen) atoms. The number of hydrogen-bond donors (Lipinski definition) is 2. The van der Waals surface area contributed by atoms with Crippen LogP contribution < -0.4 is 5.43 Å². The van der Waals surface area contributed by atoms with E-state index < -0.39 is 0 Å². The number of anilines is 1. The van der Waals surface area contributed by atoms with Crippen molar-refractivity contribution in [2.45, 2.75) is 0 Å². The summed E-state index contributed by atoms with van der Waals surface area (Å²) in [6.45, 7) is 0. The molecule has 2 rings (SSSR count). The van der Waals surface area contributed by atoms with Crippen molar-refractivity contribution in [2.75, 3.05) is 5.43 Å². The van der Waals surface area contributed by atoms with Crippen molar-refractivity contribution >= 4 is 39.4 Å². The van der Waals surface area contributed by atoms with Crippen molar-refractivity contribution in [3.63, 3.8) is 0 Å². The fraction of sp³-hybridized carbons (Fsp3) is 0. The van der Waals surface area contributed by atoms with Crippen LogP contribution in [0.5, 0.6) is 5.75 Å². The van der Waals surface area contributed by atoms with Gasteiger partial charge in [0.15, 0.2) is 0 Å². The molecule has 0 saturated carbocycles. The molecule has 0 heterocycles. The molecule has 0 aliphatic heterocycles. The van der Waals surface area contributed by atoms with Gasteiger partial charge in [0.25, 0.3) is 0 Å². The van der Waals surface area contributed by atoms with E-state index in [1.165, 1.54) is 6.21 Å². The maximum absolute atomic E-state index is 9.62. The molecule has 0 saturated heterocycles. The van der Waals surface area contributed by atoms with Gasteiger partial charge in [-0.2, -0.15) is 5.10 Å². The topological polar surface area (TPSA) is 44.6 Å². The highest BCUT2D eigenvalue weighted by Crippen LogP contribution is 2.22. The lowest BCUT2D eigenvalue weighted by Crippen LogP contribution is -1.91. The summed E-state index contributed by atoms with van der Waals surface area (Å²) in [6, 6.07) is 12.4. The van der Waals surface area contributed by atoms with Crippen LogP contribution in [-0.2, 0) is 0 Å². The molecule has 0 aliphatic rings. The minimum atomic E-state index is 0.169. The van der Waals surface area contributed by atoms with Crippen LogP contribution in [0.1, 0.15) is 5.56 Å². The maximum atomic E-state index is 9.62. The van der Waals surface area contributed by atoms with Crippen LogP contribution in [-0.4, -0.2) is 11.3 Å². The summed E-state index contributed by atoms with van der Waals surface area (Å²) >= 11 is 9.30. The number of halogens is 2. The first-order valence-corrected chi connectivity index (χ1v) is 6.36. The number of aromatic hydroxyl groups is 1. The quantitative estimate of drug-likeness (QED) is 0.654. The highest BCUT2D eigenvalue weighted by Gasteiger charge is 1.99. The number of para-hydroxylation sites is 1. The Morgan fingerprint density at radius 1 is 1.22 bits per heavy atom. The standard InChI is InChI=1S/C13H10BrClN2O/c14-10-5-6-13(18)9(7-10)8-16-17-12-4-2-1-3-11(12)15/h1-8,17-18H/b16-8+. The van der Waals surface area contributed by atoms with Gasteiger partial charge in [-0.15, -0.1) is 0 Å². The fourth-order valence-electron chi connectivity index (χ4n) is 1.35. The SMILES string of the molecule is Oc1ccc(Br)cc1/C=N/Nc1ccccc1Cl. The average Bonchev–Trinajstić information content (AvgIpc) is 2.36. The molecule has 2 N–H and O–H groups in total. The number of nitrogens with zero attached hydrogens (tertiary/aromatic N) is 1. The van der Waals surface area contributed by atoms with Crippen molar-refractivity contribution in [1.29, 1.82) is 0 Å². The molecule has 2 aromatic rings.